The average molecular weight is 212 g/mol. The lowest BCUT2D eigenvalue weighted by molar-refractivity contribution is 0.261. The van der Waals surface area contributed by atoms with Gasteiger partial charge in [0.05, 0.1) is 6.61 Å². The van der Waals surface area contributed by atoms with Crippen molar-refractivity contribution in [3.8, 4) is 5.75 Å². The molecule has 2 nitrogen and oxygen atoms in total. The van der Waals surface area contributed by atoms with E-state index in [0.717, 1.165) is 12.0 Å². The summed E-state index contributed by atoms with van der Waals surface area (Å²) in [6.07, 6.45) is 0.796. The first-order valence-electron chi connectivity index (χ1n) is 5.26. The summed E-state index contributed by atoms with van der Waals surface area (Å²) in [5, 5.41) is 9.09. The highest BCUT2D eigenvalue weighted by molar-refractivity contribution is 5.31. The van der Waals surface area contributed by atoms with Gasteiger partial charge in [0.2, 0.25) is 0 Å². The predicted molar refractivity (Wildman–Crippen MR) is 57.7 cm³/mol. The molecule has 1 aromatic carbocycles. The molecular weight excluding hydrogens is 195 g/mol. The van der Waals surface area contributed by atoms with Crippen LogP contribution in [-0.4, -0.2) is 18.3 Å². The Morgan fingerprint density at radius 3 is 2.60 bits per heavy atom. The molecule has 3 heteroatoms. The van der Waals surface area contributed by atoms with Gasteiger partial charge in [0, 0.05) is 12.5 Å². The minimum Gasteiger partial charge on any atom is -0.491 e. The first-order chi connectivity index (χ1) is 7.22. The summed E-state index contributed by atoms with van der Waals surface area (Å²) in [6.45, 7) is 4.28. The number of ether oxygens (including phenoxy) is 1. The zero-order valence-corrected chi connectivity index (χ0v) is 9.16. The Bertz CT molecular complexity index is 308. The molecule has 1 atom stereocenters. The molecule has 0 aliphatic rings. The Balaban J connectivity index is 2.89. The summed E-state index contributed by atoms with van der Waals surface area (Å²) in [4.78, 5) is 0. The second-order valence-electron chi connectivity index (χ2n) is 3.41. The van der Waals surface area contributed by atoms with Crippen molar-refractivity contribution in [1.29, 1.82) is 0 Å². The van der Waals surface area contributed by atoms with Gasteiger partial charge in [-0.05, 0) is 31.0 Å². The van der Waals surface area contributed by atoms with E-state index in [1.807, 2.05) is 13.8 Å². The van der Waals surface area contributed by atoms with Crippen molar-refractivity contribution in [3.63, 3.8) is 0 Å². The number of hydrogen-bond donors (Lipinski definition) is 1. The largest absolute Gasteiger partial charge is 0.491 e. The first-order valence-corrected chi connectivity index (χ1v) is 5.26. The van der Waals surface area contributed by atoms with Gasteiger partial charge in [-0.3, -0.25) is 0 Å². The zero-order valence-electron chi connectivity index (χ0n) is 9.16. The van der Waals surface area contributed by atoms with E-state index in [-0.39, 0.29) is 24.1 Å². The second-order valence-corrected chi connectivity index (χ2v) is 3.41. The Kier molecular flexibility index (Phi) is 4.56. The van der Waals surface area contributed by atoms with Gasteiger partial charge in [0.1, 0.15) is 0 Å². The van der Waals surface area contributed by atoms with E-state index in [9.17, 15) is 4.39 Å². The Morgan fingerprint density at radius 1 is 1.40 bits per heavy atom. The molecule has 0 spiro atoms. The van der Waals surface area contributed by atoms with E-state index in [1.165, 1.54) is 6.07 Å². The molecule has 0 saturated heterocycles. The molecule has 0 heterocycles. The van der Waals surface area contributed by atoms with Crippen molar-refractivity contribution in [2.75, 3.05) is 13.2 Å². The van der Waals surface area contributed by atoms with Crippen LogP contribution in [0.2, 0.25) is 0 Å². The maximum atomic E-state index is 13.5. The summed E-state index contributed by atoms with van der Waals surface area (Å²) < 4.78 is 18.6. The summed E-state index contributed by atoms with van der Waals surface area (Å²) in [5.41, 5.74) is 0.820. The maximum absolute atomic E-state index is 13.5. The summed E-state index contributed by atoms with van der Waals surface area (Å²) in [5.74, 6) is -0.0783. The van der Waals surface area contributed by atoms with Crippen LogP contribution in [0.3, 0.4) is 0 Å². The minimum atomic E-state index is -0.360. The standard InChI is InChI=1S/C12H17FO2/c1-3-9(8-14)10-5-6-12(15-4-2)11(13)7-10/h5-7,9,14H,3-4,8H2,1-2H3. The lowest BCUT2D eigenvalue weighted by atomic mass is 9.97. The molecule has 0 bridgehead atoms. The first kappa shape index (κ1) is 12.0. The highest BCUT2D eigenvalue weighted by atomic mass is 19.1. The van der Waals surface area contributed by atoms with E-state index >= 15 is 0 Å². The highest BCUT2D eigenvalue weighted by Crippen LogP contribution is 2.24. The molecule has 0 aromatic heterocycles. The number of aliphatic hydroxyl groups is 1. The average Bonchev–Trinajstić information content (AvgIpc) is 2.24. The molecule has 0 amide bonds. The maximum Gasteiger partial charge on any atom is 0.165 e. The van der Waals surface area contributed by atoms with Gasteiger partial charge < -0.3 is 9.84 Å². The van der Waals surface area contributed by atoms with Crippen molar-refractivity contribution in [3.05, 3.63) is 29.6 Å². The third kappa shape index (κ3) is 2.93. The number of rotatable bonds is 5. The van der Waals surface area contributed by atoms with Gasteiger partial charge in [-0.2, -0.15) is 0 Å². The molecular formula is C12H17FO2. The molecule has 1 unspecified atom stereocenters. The molecule has 84 valence electrons. The zero-order chi connectivity index (χ0) is 11.3. The molecule has 1 aromatic rings. The minimum absolute atomic E-state index is 0.00942. The van der Waals surface area contributed by atoms with Crippen LogP contribution in [0.1, 0.15) is 31.7 Å². The summed E-state index contributed by atoms with van der Waals surface area (Å²) >= 11 is 0. The normalized spacial score (nSPS) is 12.5. The van der Waals surface area contributed by atoms with Gasteiger partial charge in [-0.15, -0.1) is 0 Å². The third-order valence-corrected chi connectivity index (χ3v) is 2.44. The monoisotopic (exact) mass is 212 g/mol. The predicted octanol–water partition coefficient (Wildman–Crippen LogP) is 2.71. The van der Waals surface area contributed by atoms with Crippen molar-refractivity contribution < 1.29 is 14.2 Å². The number of halogens is 1. The van der Waals surface area contributed by atoms with Gasteiger partial charge in [-0.25, -0.2) is 4.39 Å². The van der Waals surface area contributed by atoms with Crippen molar-refractivity contribution >= 4 is 0 Å². The van der Waals surface area contributed by atoms with Crippen molar-refractivity contribution in [1.82, 2.24) is 0 Å². The van der Waals surface area contributed by atoms with E-state index in [0.29, 0.717) is 6.61 Å². The molecule has 0 fully saturated rings. The molecule has 0 aliphatic heterocycles. The van der Waals surface area contributed by atoms with Crippen LogP contribution >= 0.6 is 0 Å². The van der Waals surface area contributed by atoms with Crippen LogP contribution in [0.5, 0.6) is 5.75 Å². The van der Waals surface area contributed by atoms with Gasteiger partial charge in [-0.1, -0.05) is 13.0 Å². The summed E-state index contributed by atoms with van der Waals surface area (Å²) in [6, 6.07) is 4.86. The summed E-state index contributed by atoms with van der Waals surface area (Å²) in [7, 11) is 0. The highest BCUT2D eigenvalue weighted by Gasteiger charge is 2.11. The van der Waals surface area contributed by atoms with Gasteiger partial charge >= 0.3 is 0 Å². The van der Waals surface area contributed by atoms with Gasteiger partial charge in [0.25, 0.3) is 0 Å². The van der Waals surface area contributed by atoms with Crippen LogP contribution in [0.4, 0.5) is 4.39 Å². The molecule has 1 rings (SSSR count). The van der Waals surface area contributed by atoms with Crippen molar-refractivity contribution in [2.45, 2.75) is 26.2 Å². The number of hydrogen-bond acceptors (Lipinski definition) is 2. The van der Waals surface area contributed by atoms with E-state index in [4.69, 9.17) is 9.84 Å². The topological polar surface area (TPSA) is 29.5 Å². The quantitative estimate of drug-likeness (QED) is 0.813. The smallest absolute Gasteiger partial charge is 0.165 e. The second kappa shape index (κ2) is 5.71. The Hall–Kier alpha value is -1.09. The SMILES string of the molecule is CCOc1ccc(C(CC)CO)cc1F. The van der Waals surface area contributed by atoms with E-state index < -0.39 is 0 Å². The third-order valence-electron chi connectivity index (χ3n) is 2.44. The lowest BCUT2D eigenvalue weighted by Gasteiger charge is -2.13. The van der Waals surface area contributed by atoms with Crippen LogP contribution in [-0.2, 0) is 0 Å². The fourth-order valence-corrected chi connectivity index (χ4v) is 1.51. The molecule has 0 aliphatic carbocycles. The Labute approximate surface area is 89.7 Å². The lowest BCUT2D eigenvalue weighted by Crippen LogP contribution is -2.04. The van der Waals surface area contributed by atoms with Crippen LogP contribution in [0, 0.1) is 5.82 Å². The van der Waals surface area contributed by atoms with Crippen LogP contribution in [0.15, 0.2) is 18.2 Å². The van der Waals surface area contributed by atoms with E-state index in [1.54, 1.807) is 12.1 Å². The van der Waals surface area contributed by atoms with E-state index in [2.05, 4.69) is 0 Å². The number of aliphatic hydroxyl groups excluding tert-OH is 1. The van der Waals surface area contributed by atoms with Gasteiger partial charge in [0.15, 0.2) is 11.6 Å². The number of benzene rings is 1. The molecule has 1 N–H and O–H groups in total. The fraction of sp³-hybridized carbons (Fsp3) is 0.500. The molecule has 15 heavy (non-hydrogen) atoms. The van der Waals surface area contributed by atoms with Crippen molar-refractivity contribution in [2.24, 2.45) is 0 Å². The van der Waals surface area contributed by atoms with Crippen LogP contribution in [0.25, 0.3) is 0 Å². The molecule has 0 radical (unpaired) electrons. The fourth-order valence-electron chi connectivity index (χ4n) is 1.51. The van der Waals surface area contributed by atoms with Crippen LogP contribution < -0.4 is 4.74 Å². The Morgan fingerprint density at radius 2 is 2.13 bits per heavy atom. The molecule has 0 saturated carbocycles.